The van der Waals surface area contributed by atoms with Gasteiger partial charge >= 0.3 is 0 Å². The molecule has 0 fully saturated rings. The summed E-state index contributed by atoms with van der Waals surface area (Å²) in [5.41, 5.74) is 2.06. The van der Waals surface area contributed by atoms with Crippen LogP contribution in [0, 0.1) is 0 Å². The topological polar surface area (TPSA) is 39.2 Å². The molecule has 98 valence electrons. The molecule has 3 nitrogen and oxygen atoms in total. The van der Waals surface area contributed by atoms with Crippen LogP contribution in [0.15, 0.2) is 48.7 Å². The fourth-order valence-electron chi connectivity index (χ4n) is 1.71. The summed E-state index contributed by atoms with van der Waals surface area (Å²) in [6.07, 6.45) is 3.13. The maximum Gasteiger partial charge on any atom is 0.130 e. The van der Waals surface area contributed by atoms with Crippen molar-refractivity contribution in [3.8, 4) is 5.75 Å². The maximum absolute atomic E-state index is 10.9. The minimum Gasteiger partial charge on any atom is -0.487 e. The van der Waals surface area contributed by atoms with E-state index in [1.165, 1.54) is 0 Å². The number of ether oxygens (including phenoxy) is 1. The van der Waals surface area contributed by atoms with Gasteiger partial charge in [-0.25, -0.2) is 0 Å². The quantitative estimate of drug-likeness (QED) is 0.795. The molecule has 2 aromatic rings. The van der Waals surface area contributed by atoms with E-state index in [1.54, 1.807) is 13.1 Å². The monoisotopic (exact) mass is 255 g/mol. The second kappa shape index (κ2) is 6.69. The zero-order valence-electron chi connectivity index (χ0n) is 11.0. The first-order chi connectivity index (χ1) is 9.24. The van der Waals surface area contributed by atoms with E-state index in [9.17, 15) is 4.79 Å². The Hall–Kier alpha value is -2.16. The van der Waals surface area contributed by atoms with E-state index in [-0.39, 0.29) is 5.78 Å². The summed E-state index contributed by atoms with van der Waals surface area (Å²) in [5.74, 6) is 1.03. The van der Waals surface area contributed by atoms with E-state index >= 15 is 0 Å². The van der Waals surface area contributed by atoms with E-state index < -0.39 is 0 Å². The summed E-state index contributed by atoms with van der Waals surface area (Å²) >= 11 is 0. The third-order valence-electron chi connectivity index (χ3n) is 2.80. The van der Waals surface area contributed by atoms with Crippen molar-refractivity contribution in [2.45, 2.75) is 26.4 Å². The average molecular weight is 255 g/mol. The SMILES string of the molecule is CC(=O)CCc1ccc(OCc2ccccn2)cc1. The summed E-state index contributed by atoms with van der Waals surface area (Å²) in [5, 5.41) is 0. The van der Waals surface area contributed by atoms with Gasteiger partial charge in [0.2, 0.25) is 0 Å². The van der Waals surface area contributed by atoms with Crippen molar-refractivity contribution in [2.24, 2.45) is 0 Å². The van der Waals surface area contributed by atoms with Crippen LogP contribution in [0.5, 0.6) is 5.75 Å². The number of benzene rings is 1. The predicted molar refractivity (Wildman–Crippen MR) is 74.0 cm³/mol. The molecule has 1 aromatic carbocycles. The van der Waals surface area contributed by atoms with Crippen molar-refractivity contribution in [2.75, 3.05) is 0 Å². The molecule has 0 atom stereocenters. The zero-order valence-corrected chi connectivity index (χ0v) is 11.0. The highest BCUT2D eigenvalue weighted by Gasteiger charge is 1.99. The highest BCUT2D eigenvalue weighted by Crippen LogP contribution is 2.14. The number of carbonyl (C=O) groups is 1. The number of carbonyl (C=O) groups excluding carboxylic acids is 1. The Bertz CT molecular complexity index is 520. The van der Waals surface area contributed by atoms with Crippen LogP contribution in [0.1, 0.15) is 24.6 Å². The van der Waals surface area contributed by atoms with Gasteiger partial charge in [-0.15, -0.1) is 0 Å². The number of pyridine rings is 1. The normalized spacial score (nSPS) is 10.2. The van der Waals surface area contributed by atoms with E-state index in [0.29, 0.717) is 13.0 Å². The molecule has 2 rings (SSSR count). The van der Waals surface area contributed by atoms with Crippen molar-refractivity contribution in [1.29, 1.82) is 0 Å². The van der Waals surface area contributed by atoms with Crippen LogP contribution in [0.4, 0.5) is 0 Å². The predicted octanol–water partition coefficient (Wildman–Crippen LogP) is 3.18. The van der Waals surface area contributed by atoms with Gasteiger partial charge in [-0.3, -0.25) is 4.98 Å². The Balaban J connectivity index is 1.86. The smallest absolute Gasteiger partial charge is 0.130 e. The van der Waals surface area contributed by atoms with Gasteiger partial charge in [0.15, 0.2) is 0 Å². The third kappa shape index (κ3) is 4.54. The highest BCUT2D eigenvalue weighted by molar-refractivity contribution is 5.75. The fraction of sp³-hybridized carbons (Fsp3) is 0.250. The van der Waals surface area contributed by atoms with Crippen molar-refractivity contribution in [3.05, 3.63) is 59.9 Å². The molecular weight excluding hydrogens is 238 g/mol. The van der Waals surface area contributed by atoms with Gasteiger partial charge in [-0.05, 0) is 43.2 Å². The molecular formula is C16H17NO2. The van der Waals surface area contributed by atoms with Crippen LogP contribution in [0.25, 0.3) is 0 Å². The van der Waals surface area contributed by atoms with Gasteiger partial charge in [-0.2, -0.15) is 0 Å². The Kier molecular flexibility index (Phi) is 4.67. The lowest BCUT2D eigenvalue weighted by molar-refractivity contribution is -0.116. The van der Waals surface area contributed by atoms with Crippen molar-refractivity contribution < 1.29 is 9.53 Å². The van der Waals surface area contributed by atoms with E-state index in [1.807, 2.05) is 42.5 Å². The molecule has 0 aliphatic carbocycles. The molecule has 0 unspecified atom stereocenters. The molecule has 0 bridgehead atoms. The molecule has 0 amide bonds. The molecule has 1 heterocycles. The largest absolute Gasteiger partial charge is 0.487 e. The van der Waals surface area contributed by atoms with Crippen molar-refractivity contribution >= 4 is 5.78 Å². The Labute approximate surface area is 113 Å². The Morgan fingerprint density at radius 1 is 1.16 bits per heavy atom. The molecule has 0 radical (unpaired) electrons. The maximum atomic E-state index is 10.9. The van der Waals surface area contributed by atoms with Gasteiger partial charge < -0.3 is 9.53 Å². The first-order valence-corrected chi connectivity index (χ1v) is 6.35. The number of aryl methyl sites for hydroxylation is 1. The molecule has 0 aliphatic heterocycles. The van der Waals surface area contributed by atoms with E-state index in [4.69, 9.17) is 4.74 Å². The lowest BCUT2D eigenvalue weighted by Gasteiger charge is -2.06. The molecule has 1 aromatic heterocycles. The summed E-state index contributed by atoms with van der Waals surface area (Å²) in [7, 11) is 0. The number of ketones is 1. The molecule has 0 N–H and O–H groups in total. The minimum atomic E-state index is 0.218. The standard InChI is InChI=1S/C16H17NO2/c1-13(18)5-6-14-7-9-16(10-8-14)19-12-15-4-2-3-11-17-15/h2-4,7-11H,5-6,12H2,1H3. The van der Waals surface area contributed by atoms with Gasteiger partial charge in [0.05, 0.1) is 5.69 Å². The van der Waals surface area contributed by atoms with Gasteiger partial charge in [0, 0.05) is 12.6 Å². The molecule has 0 saturated heterocycles. The number of rotatable bonds is 6. The number of aromatic nitrogens is 1. The molecule has 0 saturated carbocycles. The number of hydrogen-bond acceptors (Lipinski definition) is 3. The van der Waals surface area contributed by atoms with Gasteiger partial charge in [-0.1, -0.05) is 18.2 Å². The summed E-state index contributed by atoms with van der Waals surface area (Å²) < 4.78 is 5.64. The Morgan fingerprint density at radius 3 is 2.58 bits per heavy atom. The first-order valence-electron chi connectivity index (χ1n) is 6.35. The van der Waals surface area contributed by atoms with Crippen LogP contribution in [0.2, 0.25) is 0 Å². The van der Waals surface area contributed by atoms with Gasteiger partial charge in [0.25, 0.3) is 0 Å². The summed E-state index contributed by atoms with van der Waals surface area (Å²) in [6.45, 7) is 2.08. The number of nitrogens with zero attached hydrogens (tertiary/aromatic N) is 1. The van der Waals surface area contributed by atoms with Crippen molar-refractivity contribution in [3.63, 3.8) is 0 Å². The average Bonchev–Trinajstić information content (AvgIpc) is 2.45. The van der Waals surface area contributed by atoms with Crippen LogP contribution in [-0.2, 0) is 17.8 Å². The number of hydrogen-bond donors (Lipinski definition) is 0. The van der Waals surface area contributed by atoms with Crippen LogP contribution < -0.4 is 4.74 Å². The summed E-state index contributed by atoms with van der Waals surface area (Å²) in [6, 6.07) is 13.6. The van der Waals surface area contributed by atoms with Crippen molar-refractivity contribution in [1.82, 2.24) is 4.98 Å². The van der Waals surface area contributed by atoms with Crippen LogP contribution in [0.3, 0.4) is 0 Å². The van der Waals surface area contributed by atoms with Gasteiger partial charge in [0.1, 0.15) is 18.1 Å². The zero-order chi connectivity index (χ0) is 13.5. The minimum absolute atomic E-state index is 0.218. The van der Waals surface area contributed by atoms with E-state index in [0.717, 1.165) is 23.4 Å². The summed E-state index contributed by atoms with van der Waals surface area (Å²) in [4.78, 5) is 15.1. The second-order valence-corrected chi connectivity index (χ2v) is 4.46. The van der Waals surface area contributed by atoms with E-state index in [2.05, 4.69) is 4.98 Å². The van der Waals surface area contributed by atoms with Crippen LogP contribution in [-0.4, -0.2) is 10.8 Å². The molecule has 19 heavy (non-hydrogen) atoms. The van der Waals surface area contributed by atoms with Crippen LogP contribution >= 0.6 is 0 Å². The molecule has 3 heteroatoms. The second-order valence-electron chi connectivity index (χ2n) is 4.46. The lowest BCUT2D eigenvalue weighted by atomic mass is 10.1. The molecule has 0 spiro atoms. The number of Topliss-reactive ketones (excluding diaryl/α,β-unsaturated/α-hetero) is 1. The first kappa shape index (κ1) is 13.3. The fourth-order valence-corrected chi connectivity index (χ4v) is 1.71. The molecule has 0 aliphatic rings. The lowest BCUT2D eigenvalue weighted by Crippen LogP contribution is -1.98. The Morgan fingerprint density at radius 2 is 1.95 bits per heavy atom. The highest BCUT2D eigenvalue weighted by atomic mass is 16.5. The third-order valence-corrected chi connectivity index (χ3v) is 2.80.